The number of aromatic nitrogens is 2. The quantitative estimate of drug-likeness (QED) is 0.912. The summed E-state index contributed by atoms with van der Waals surface area (Å²) in [6.07, 6.45) is 5.69. The van der Waals surface area contributed by atoms with Crippen LogP contribution < -0.4 is 5.32 Å². The second-order valence-corrected chi connectivity index (χ2v) is 5.50. The normalized spacial score (nSPS) is 18.3. The maximum absolute atomic E-state index is 4.39. The molecule has 2 aromatic rings. The topological polar surface area (TPSA) is 29.9 Å². The predicted octanol–water partition coefficient (Wildman–Crippen LogP) is 2.38. The number of nitrogens with zero attached hydrogens (tertiary/aromatic N) is 2. The Labute approximate surface area is 114 Å². The van der Waals surface area contributed by atoms with Gasteiger partial charge < -0.3 is 5.32 Å². The molecule has 0 spiro atoms. The molecule has 1 atom stereocenters. The fourth-order valence-corrected chi connectivity index (χ4v) is 2.95. The van der Waals surface area contributed by atoms with Gasteiger partial charge in [0.05, 0.1) is 5.69 Å². The van der Waals surface area contributed by atoms with Crippen LogP contribution in [0.4, 0.5) is 0 Å². The van der Waals surface area contributed by atoms with Crippen LogP contribution in [0.15, 0.2) is 30.5 Å². The molecule has 1 aromatic carbocycles. The van der Waals surface area contributed by atoms with E-state index in [1.54, 1.807) is 0 Å². The molecule has 3 nitrogen and oxygen atoms in total. The molecule has 0 aliphatic heterocycles. The molecule has 100 valence electrons. The highest BCUT2D eigenvalue weighted by Gasteiger charge is 2.17. The van der Waals surface area contributed by atoms with Gasteiger partial charge in [0.1, 0.15) is 0 Å². The molecule has 19 heavy (non-hydrogen) atoms. The smallest absolute Gasteiger partial charge is 0.0638 e. The van der Waals surface area contributed by atoms with Crippen molar-refractivity contribution in [3.8, 4) is 0 Å². The molecule has 3 heteroatoms. The first-order valence-corrected chi connectivity index (χ1v) is 7.01. The lowest BCUT2D eigenvalue weighted by Crippen LogP contribution is -2.34. The van der Waals surface area contributed by atoms with Crippen LogP contribution in [0, 0.1) is 6.92 Å². The van der Waals surface area contributed by atoms with E-state index in [1.807, 2.05) is 11.7 Å². The zero-order valence-corrected chi connectivity index (χ0v) is 11.7. The van der Waals surface area contributed by atoms with Gasteiger partial charge in [0.25, 0.3) is 0 Å². The number of nitrogens with one attached hydrogen (secondary N) is 1. The second kappa shape index (κ2) is 5.17. The Balaban J connectivity index is 1.62. The third-order valence-electron chi connectivity index (χ3n) is 4.04. The number of fused-ring (bicyclic) bond motifs is 1. The Morgan fingerprint density at radius 2 is 2.11 bits per heavy atom. The first-order valence-electron chi connectivity index (χ1n) is 7.01. The van der Waals surface area contributed by atoms with Crippen molar-refractivity contribution >= 4 is 0 Å². The van der Waals surface area contributed by atoms with E-state index in [2.05, 4.69) is 47.8 Å². The Bertz CT molecular complexity index is 571. The molecule has 0 fully saturated rings. The molecule has 1 heterocycles. The van der Waals surface area contributed by atoms with Crippen LogP contribution in [0.3, 0.4) is 0 Å². The van der Waals surface area contributed by atoms with Crippen molar-refractivity contribution in [1.29, 1.82) is 0 Å². The molecule has 3 rings (SSSR count). The molecule has 0 saturated carbocycles. The Hall–Kier alpha value is -1.61. The van der Waals surface area contributed by atoms with Crippen molar-refractivity contribution in [1.82, 2.24) is 15.1 Å². The van der Waals surface area contributed by atoms with Crippen molar-refractivity contribution in [3.05, 3.63) is 52.8 Å². The van der Waals surface area contributed by atoms with Gasteiger partial charge in [0.15, 0.2) is 0 Å². The van der Waals surface area contributed by atoms with Crippen LogP contribution in [0.1, 0.15) is 28.8 Å². The standard InChI is InChI=1S/C16H21N3/c1-12-15(11-19(2)18-12)10-17-16-8-7-13-5-3-4-6-14(13)9-16/h3-6,11,16-17H,7-10H2,1-2H3. The van der Waals surface area contributed by atoms with E-state index >= 15 is 0 Å². The molecule has 1 aromatic heterocycles. The summed E-state index contributed by atoms with van der Waals surface area (Å²) >= 11 is 0. The zero-order valence-electron chi connectivity index (χ0n) is 11.7. The molecule has 0 radical (unpaired) electrons. The van der Waals surface area contributed by atoms with Crippen molar-refractivity contribution in [2.24, 2.45) is 7.05 Å². The Morgan fingerprint density at radius 3 is 2.84 bits per heavy atom. The number of rotatable bonds is 3. The van der Waals surface area contributed by atoms with Crippen molar-refractivity contribution in [2.45, 2.75) is 38.8 Å². The summed E-state index contributed by atoms with van der Waals surface area (Å²) in [5, 5.41) is 8.07. The maximum Gasteiger partial charge on any atom is 0.0638 e. The van der Waals surface area contributed by atoms with Gasteiger partial charge in [-0.25, -0.2) is 0 Å². The third-order valence-corrected chi connectivity index (χ3v) is 4.04. The number of hydrogen-bond acceptors (Lipinski definition) is 2. The minimum Gasteiger partial charge on any atom is -0.309 e. The lowest BCUT2D eigenvalue weighted by atomic mass is 9.88. The van der Waals surface area contributed by atoms with Gasteiger partial charge in [0.2, 0.25) is 0 Å². The van der Waals surface area contributed by atoms with E-state index in [0.717, 1.165) is 18.7 Å². The summed E-state index contributed by atoms with van der Waals surface area (Å²) in [5.41, 5.74) is 5.47. The Morgan fingerprint density at radius 1 is 1.32 bits per heavy atom. The van der Waals surface area contributed by atoms with Crippen molar-refractivity contribution < 1.29 is 0 Å². The monoisotopic (exact) mass is 255 g/mol. The molecule has 1 aliphatic carbocycles. The minimum atomic E-state index is 0.592. The summed E-state index contributed by atoms with van der Waals surface area (Å²) in [6, 6.07) is 9.41. The summed E-state index contributed by atoms with van der Waals surface area (Å²) in [5.74, 6) is 0. The summed E-state index contributed by atoms with van der Waals surface area (Å²) in [6.45, 7) is 3.00. The Kier molecular flexibility index (Phi) is 3.38. The van der Waals surface area contributed by atoms with E-state index < -0.39 is 0 Å². The highest BCUT2D eigenvalue weighted by atomic mass is 15.2. The van der Waals surface area contributed by atoms with E-state index in [-0.39, 0.29) is 0 Å². The van der Waals surface area contributed by atoms with Crippen LogP contribution in [0.5, 0.6) is 0 Å². The van der Waals surface area contributed by atoms with Crippen LogP contribution >= 0.6 is 0 Å². The van der Waals surface area contributed by atoms with Gasteiger partial charge in [-0.1, -0.05) is 24.3 Å². The predicted molar refractivity (Wildman–Crippen MR) is 77.0 cm³/mol. The number of hydrogen-bond donors (Lipinski definition) is 1. The largest absolute Gasteiger partial charge is 0.309 e. The summed E-state index contributed by atoms with van der Waals surface area (Å²) in [7, 11) is 1.98. The van der Waals surface area contributed by atoms with Gasteiger partial charge in [-0.2, -0.15) is 5.10 Å². The van der Waals surface area contributed by atoms with Crippen LogP contribution in [0.2, 0.25) is 0 Å². The minimum absolute atomic E-state index is 0.592. The first kappa shape index (κ1) is 12.4. The average Bonchev–Trinajstić information content (AvgIpc) is 2.74. The van der Waals surface area contributed by atoms with Crippen LogP contribution in [-0.4, -0.2) is 15.8 Å². The van der Waals surface area contributed by atoms with Crippen LogP contribution in [0.25, 0.3) is 0 Å². The molecule has 1 unspecified atom stereocenters. The van der Waals surface area contributed by atoms with E-state index in [0.29, 0.717) is 6.04 Å². The highest BCUT2D eigenvalue weighted by Crippen LogP contribution is 2.21. The first-order chi connectivity index (χ1) is 9.22. The van der Waals surface area contributed by atoms with Gasteiger partial charge in [-0.3, -0.25) is 4.68 Å². The fraction of sp³-hybridized carbons (Fsp3) is 0.438. The molecule has 0 bridgehead atoms. The highest BCUT2D eigenvalue weighted by molar-refractivity contribution is 5.30. The molecule has 0 amide bonds. The number of aryl methyl sites for hydroxylation is 3. The van der Waals surface area contributed by atoms with Crippen molar-refractivity contribution in [3.63, 3.8) is 0 Å². The van der Waals surface area contributed by atoms with E-state index in [9.17, 15) is 0 Å². The van der Waals surface area contributed by atoms with Gasteiger partial charge in [-0.15, -0.1) is 0 Å². The van der Waals surface area contributed by atoms with Gasteiger partial charge in [0, 0.05) is 31.4 Å². The zero-order chi connectivity index (χ0) is 13.2. The maximum atomic E-state index is 4.39. The number of benzene rings is 1. The van der Waals surface area contributed by atoms with Crippen molar-refractivity contribution in [2.75, 3.05) is 0 Å². The molecular formula is C16H21N3. The fourth-order valence-electron chi connectivity index (χ4n) is 2.95. The average molecular weight is 255 g/mol. The summed E-state index contributed by atoms with van der Waals surface area (Å²) in [4.78, 5) is 0. The lowest BCUT2D eigenvalue weighted by molar-refractivity contribution is 0.457. The second-order valence-electron chi connectivity index (χ2n) is 5.50. The van der Waals surface area contributed by atoms with Crippen LogP contribution in [-0.2, 0) is 26.4 Å². The molecule has 0 saturated heterocycles. The van der Waals surface area contributed by atoms with E-state index in [4.69, 9.17) is 0 Å². The SMILES string of the molecule is Cc1nn(C)cc1CNC1CCc2ccccc2C1. The molecular weight excluding hydrogens is 234 g/mol. The van der Waals surface area contributed by atoms with Gasteiger partial charge >= 0.3 is 0 Å². The summed E-state index contributed by atoms with van der Waals surface area (Å²) < 4.78 is 1.89. The molecule has 1 aliphatic rings. The van der Waals surface area contributed by atoms with Gasteiger partial charge in [-0.05, 0) is 37.3 Å². The third kappa shape index (κ3) is 2.71. The lowest BCUT2D eigenvalue weighted by Gasteiger charge is -2.25. The van der Waals surface area contributed by atoms with E-state index in [1.165, 1.54) is 29.5 Å². The molecule has 1 N–H and O–H groups in total.